The van der Waals surface area contributed by atoms with Gasteiger partial charge in [0.25, 0.3) is 5.91 Å². The third kappa shape index (κ3) is 3.47. The molecule has 7 heteroatoms. The van der Waals surface area contributed by atoms with E-state index in [1.54, 1.807) is 24.0 Å². The minimum Gasteiger partial charge on any atom is -0.302 e. The Morgan fingerprint density at radius 3 is 2.70 bits per heavy atom. The fourth-order valence-corrected chi connectivity index (χ4v) is 2.79. The number of carbonyl (C=O) groups is 2. The number of ketones is 1. The smallest absolute Gasteiger partial charge is 0.291 e. The molecule has 1 aromatic rings. The Morgan fingerprint density at radius 2 is 2.15 bits per heavy atom. The summed E-state index contributed by atoms with van der Waals surface area (Å²) in [6, 6.07) is 0. The number of nitrogens with one attached hydrogen (secondary N) is 2. The molecule has 1 aromatic heterocycles. The number of nitrogens with zero attached hydrogens (tertiary/aromatic N) is 2. The second-order valence-electron chi connectivity index (χ2n) is 5.73. The van der Waals surface area contributed by atoms with E-state index in [2.05, 4.69) is 31.9 Å². The van der Waals surface area contributed by atoms with Crippen LogP contribution in [0.1, 0.15) is 37.2 Å². The van der Waals surface area contributed by atoms with Crippen molar-refractivity contribution in [3.63, 3.8) is 0 Å². The van der Waals surface area contributed by atoms with Gasteiger partial charge in [-0.2, -0.15) is 5.10 Å². The van der Waals surface area contributed by atoms with Crippen LogP contribution in [-0.2, 0) is 11.8 Å². The number of hydrogen-bond acceptors (Lipinski definition) is 4. The van der Waals surface area contributed by atoms with Crippen LogP contribution in [0.2, 0.25) is 0 Å². The molecule has 1 aliphatic rings. The largest absolute Gasteiger partial charge is 0.302 e. The molecule has 0 unspecified atom stereocenters. The van der Waals surface area contributed by atoms with E-state index in [0.717, 1.165) is 0 Å². The van der Waals surface area contributed by atoms with Gasteiger partial charge >= 0.3 is 0 Å². The van der Waals surface area contributed by atoms with Crippen molar-refractivity contribution in [2.75, 3.05) is 0 Å². The first-order chi connectivity index (χ1) is 9.27. The third-order valence-electron chi connectivity index (χ3n) is 2.99. The first kappa shape index (κ1) is 14.8. The monoisotopic (exact) mass is 340 g/mol. The zero-order valence-corrected chi connectivity index (χ0v) is 13.2. The van der Waals surface area contributed by atoms with Gasteiger partial charge in [0.2, 0.25) is 0 Å². The van der Waals surface area contributed by atoms with Crippen molar-refractivity contribution in [1.82, 2.24) is 20.6 Å². The maximum atomic E-state index is 12.0. The number of carbonyl (C=O) groups excluding carboxylic acids is 2. The van der Waals surface area contributed by atoms with E-state index in [0.29, 0.717) is 28.7 Å². The Kier molecular flexibility index (Phi) is 3.99. The highest BCUT2D eigenvalue weighted by atomic mass is 79.9. The van der Waals surface area contributed by atoms with Gasteiger partial charge in [0.1, 0.15) is 0 Å². The van der Waals surface area contributed by atoms with Crippen LogP contribution in [0.15, 0.2) is 22.4 Å². The molecule has 1 aliphatic carbocycles. The van der Waals surface area contributed by atoms with Crippen molar-refractivity contribution in [1.29, 1.82) is 0 Å². The Hall–Kier alpha value is -1.63. The van der Waals surface area contributed by atoms with Gasteiger partial charge < -0.3 is 5.43 Å². The molecule has 0 aliphatic heterocycles. The van der Waals surface area contributed by atoms with Crippen molar-refractivity contribution >= 4 is 27.6 Å². The first-order valence-corrected chi connectivity index (χ1v) is 7.05. The second-order valence-corrected chi connectivity index (χ2v) is 6.59. The summed E-state index contributed by atoms with van der Waals surface area (Å²) in [5.41, 5.74) is 6.29. The molecule has 6 nitrogen and oxygen atoms in total. The first-order valence-electron chi connectivity index (χ1n) is 6.26. The molecule has 0 fully saturated rings. The van der Waals surface area contributed by atoms with Crippen molar-refractivity contribution in [3.8, 4) is 0 Å². The SMILES string of the molecule is Cn1cc(Br)c(C(=O)NNC2=CC(=O)CC(C)(C)C2)n1. The van der Waals surface area contributed by atoms with Crippen molar-refractivity contribution in [2.45, 2.75) is 26.7 Å². The molecule has 2 rings (SSSR count). The van der Waals surface area contributed by atoms with E-state index in [1.807, 2.05) is 13.8 Å². The number of halogens is 1. The van der Waals surface area contributed by atoms with Crippen LogP contribution in [0.25, 0.3) is 0 Å². The molecule has 0 spiro atoms. The fraction of sp³-hybridized carbons (Fsp3) is 0.462. The number of amides is 1. The molecule has 0 bridgehead atoms. The Balaban J connectivity index is 2.00. The average Bonchev–Trinajstić information content (AvgIpc) is 2.63. The molecule has 1 heterocycles. The summed E-state index contributed by atoms with van der Waals surface area (Å²) >= 11 is 3.27. The molecular formula is C13H17BrN4O2. The Bertz CT molecular complexity index is 589. The minimum absolute atomic E-state index is 0.0667. The zero-order chi connectivity index (χ0) is 14.9. The summed E-state index contributed by atoms with van der Waals surface area (Å²) in [7, 11) is 1.74. The predicted molar refractivity (Wildman–Crippen MR) is 77.6 cm³/mol. The summed E-state index contributed by atoms with van der Waals surface area (Å²) in [4.78, 5) is 23.6. The molecular weight excluding hydrogens is 324 g/mol. The van der Waals surface area contributed by atoms with Gasteiger partial charge in [0, 0.05) is 31.4 Å². The van der Waals surface area contributed by atoms with E-state index in [9.17, 15) is 9.59 Å². The van der Waals surface area contributed by atoms with Crippen LogP contribution in [0.3, 0.4) is 0 Å². The quantitative estimate of drug-likeness (QED) is 0.821. The minimum atomic E-state index is -0.353. The van der Waals surface area contributed by atoms with Gasteiger partial charge in [-0.15, -0.1) is 0 Å². The number of aromatic nitrogens is 2. The zero-order valence-electron chi connectivity index (χ0n) is 11.7. The molecule has 0 radical (unpaired) electrons. The van der Waals surface area contributed by atoms with E-state index in [1.165, 1.54) is 0 Å². The summed E-state index contributed by atoms with van der Waals surface area (Å²) in [5, 5.41) is 4.05. The molecule has 0 atom stereocenters. The van der Waals surface area contributed by atoms with Crippen LogP contribution in [0, 0.1) is 5.41 Å². The van der Waals surface area contributed by atoms with Crippen molar-refractivity contribution < 1.29 is 9.59 Å². The standard InChI is InChI=1S/C13H17BrN4O2/c1-13(2)5-8(4-9(19)6-13)15-16-12(20)11-10(14)7-18(3)17-11/h4,7,15H,5-6H2,1-3H3,(H,16,20). The van der Waals surface area contributed by atoms with Gasteiger partial charge in [-0.1, -0.05) is 13.8 Å². The van der Waals surface area contributed by atoms with E-state index >= 15 is 0 Å². The lowest BCUT2D eigenvalue weighted by atomic mass is 9.79. The number of allylic oxidation sites excluding steroid dienone is 2. The highest BCUT2D eigenvalue weighted by Gasteiger charge is 2.27. The summed E-state index contributed by atoms with van der Waals surface area (Å²) < 4.78 is 2.17. The molecule has 20 heavy (non-hydrogen) atoms. The Labute approximate surface area is 125 Å². The predicted octanol–water partition coefficient (Wildman–Crippen LogP) is 1.69. The van der Waals surface area contributed by atoms with Crippen molar-refractivity contribution in [2.24, 2.45) is 12.5 Å². The number of aryl methyl sites for hydroxylation is 1. The highest BCUT2D eigenvalue weighted by molar-refractivity contribution is 9.10. The summed E-state index contributed by atoms with van der Waals surface area (Å²) in [5.74, 6) is -0.286. The Morgan fingerprint density at radius 1 is 1.45 bits per heavy atom. The molecule has 2 N–H and O–H groups in total. The lowest BCUT2D eigenvalue weighted by molar-refractivity contribution is -0.117. The molecule has 0 saturated carbocycles. The second kappa shape index (κ2) is 5.40. The maximum Gasteiger partial charge on any atom is 0.291 e. The van der Waals surface area contributed by atoms with Crippen LogP contribution in [0.5, 0.6) is 0 Å². The van der Waals surface area contributed by atoms with Crippen molar-refractivity contribution in [3.05, 3.63) is 28.1 Å². The van der Waals surface area contributed by atoms with Gasteiger partial charge in [0.05, 0.1) is 4.47 Å². The van der Waals surface area contributed by atoms with Crippen LogP contribution < -0.4 is 10.9 Å². The normalized spacial score (nSPS) is 17.6. The van der Waals surface area contributed by atoms with Crippen LogP contribution in [0.4, 0.5) is 0 Å². The van der Waals surface area contributed by atoms with Crippen LogP contribution in [-0.4, -0.2) is 21.5 Å². The van der Waals surface area contributed by atoms with E-state index < -0.39 is 0 Å². The lowest BCUT2D eigenvalue weighted by Crippen LogP contribution is -2.40. The number of rotatable bonds is 3. The van der Waals surface area contributed by atoms with Gasteiger partial charge in [-0.25, -0.2) is 0 Å². The molecule has 0 saturated heterocycles. The van der Waals surface area contributed by atoms with Gasteiger partial charge in [-0.3, -0.25) is 19.7 Å². The van der Waals surface area contributed by atoms with Gasteiger partial charge in [-0.05, 0) is 27.8 Å². The fourth-order valence-electron chi connectivity index (χ4n) is 2.24. The van der Waals surface area contributed by atoms with Gasteiger partial charge in [0.15, 0.2) is 11.5 Å². The number of hydrazine groups is 1. The molecule has 1 amide bonds. The molecule has 108 valence electrons. The average molecular weight is 341 g/mol. The summed E-state index contributed by atoms with van der Waals surface area (Å²) in [6.45, 7) is 4.05. The van der Waals surface area contributed by atoms with E-state index in [4.69, 9.17) is 0 Å². The lowest BCUT2D eigenvalue weighted by Gasteiger charge is -2.29. The topological polar surface area (TPSA) is 76.0 Å². The molecule has 0 aromatic carbocycles. The summed E-state index contributed by atoms with van der Waals surface area (Å²) in [6.07, 6.45) is 4.47. The van der Waals surface area contributed by atoms with E-state index in [-0.39, 0.29) is 17.1 Å². The highest BCUT2D eigenvalue weighted by Crippen LogP contribution is 2.32. The number of hydrogen-bond donors (Lipinski definition) is 2. The third-order valence-corrected chi connectivity index (χ3v) is 3.57. The maximum absolute atomic E-state index is 12.0. The van der Waals surface area contributed by atoms with Crippen LogP contribution >= 0.6 is 15.9 Å².